The zero-order chi connectivity index (χ0) is 17.5. The van der Waals surface area contributed by atoms with Gasteiger partial charge in [0.1, 0.15) is 0 Å². The largest absolute Gasteiger partial charge is 0.396 e. The number of hydrogen-bond acceptors (Lipinski definition) is 3. The van der Waals surface area contributed by atoms with E-state index in [2.05, 4.69) is 12.1 Å². The zero-order valence-corrected chi connectivity index (χ0v) is 15.6. The van der Waals surface area contributed by atoms with Crippen LogP contribution in [0.1, 0.15) is 50.5 Å². The normalized spacial score (nSPS) is 33.3. The van der Waals surface area contributed by atoms with Crippen LogP contribution < -0.4 is 0 Å². The third-order valence-electron chi connectivity index (χ3n) is 6.75. The second kappa shape index (κ2) is 6.67. The minimum Gasteiger partial charge on any atom is -0.396 e. The Kier molecular flexibility index (Phi) is 4.67. The molecule has 1 N–H and O–H groups in total. The molecule has 5 heteroatoms. The van der Waals surface area contributed by atoms with Gasteiger partial charge < -0.3 is 5.11 Å². The molecule has 1 saturated carbocycles. The fraction of sp³-hybridized carbons (Fsp3) is 0.700. The van der Waals surface area contributed by atoms with Gasteiger partial charge in [0.15, 0.2) is 0 Å². The molecule has 3 atom stereocenters. The standard InChI is InChI=1S/C20H29NO3S/c22-15-20(12-16-6-2-1-3-7-16)13-18-10-11-19(20)21(18)25(23,24)14-17-8-4-5-9-17/h1-3,6-7,17-19,22H,4-5,8-15H2/t18-,19+,20-/m0/s1. The van der Waals surface area contributed by atoms with E-state index in [4.69, 9.17) is 0 Å². The van der Waals surface area contributed by atoms with Crippen molar-refractivity contribution in [1.82, 2.24) is 4.31 Å². The van der Waals surface area contributed by atoms with Crippen LogP contribution in [0.2, 0.25) is 0 Å². The Morgan fingerprint density at radius 3 is 2.48 bits per heavy atom. The highest BCUT2D eigenvalue weighted by atomic mass is 32.2. The SMILES string of the molecule is O=S(=O)(CC1CCCC1)N1[C@H]2CC[C@@H]1[C@@](CO)(Cc1ccccc1)C2. The van der Waals surface area contributed by atoms with E-state index in [1.165, 1.54) is 18.4 Å². The monoisotopic (exact) mass is 363 g/mol. The van der Waals surface area contributed by atoms with E-state index in [0.29, 0.717) is 11.7 Å². The number of rotatable bonds is 6. The molecule has 1 aromatic carbocycles. The molecule has 0 spiro atoms. The van der Waals surface area contributed by atoms with Crippen LogP contribution in [-0.4, -0.2) is 42.3 Å². The first-order valence-corrected chi connectivity index (χ1v) is 11.3. The van der Waals surface area contributed by atoms with Crippen LogP contribution in [-0.2, 0) is 16.4 Å². The lowest BCUT2D eigenvalue weighted by molar-refractivity contribution is 0.0888. The Morgan fingerprint density at radius 2 is 1.80 bits per heavy atom. The van der Waals surface area contributed by atoms with Gasteiger partial charge >= 0.3 is 0 Å². The fourth-order valence-electron chi connectivity index (χ4n) is 5.63. The summed E-state index contributed by atoms with van der Waals surface area (Å²) in [6.45, 7) is 0.0680. The molecular formula is C20H29NO3S. The molecule has 2 saturated heterocycles. The quantitative estimate of drug-likeness (QED) is 0.845. The molecule has 4 nitrogen and oxygen atoms in total. The first-order chi connectivity index (χ1) is 12.0. The molecule has 138 valence electrons. The molecule has 1 aromatic rings. The Balaban J connectivity index is 1.57. The first kappa shape index (κ1) is 17.5. The van der Waals surface area contributed by atoms with Crippen molar-refractivity contribution < 1.29 is 13.5 Å². The van der Waals surface area contributed by atoms with Crippen LogP contribution in [0.5, 0.6) is 0 Å². The highest BCUT2D eigenvalue weighted by Crippen LogP contribution is 2.52. The van der Waals surface area contributed by atoms with Crippen molar-refractivity contribution in [1.29, 1.82) is 0 Å². The summed E-state index contributed by atoms with van der Waals surface area (Å²) in [6, 6.07) is 10.3. The van der Waals surface area contributed by atoms with Crippen LogP contribution in [0.3, 0.4) is 0 Å². The van der Waals surface area contributed by atoms with Crippen molar-refractivity contribution in [3.8, 4) is 0 Å². The predicted molar refractivity (Wildman–Crippen MR) is 98.7 cm³/mol. The highest BCUT2D eigenvalue weighted by molar-refractivity contribution is 7.89. The highest BCUT2D eigenvalue weighted by Gasteiger charge is 2.59. The third kappa shape index (κ3) is 3.15. The lowest BCUT2D eigenvalue weighted by atomic mass is 9.70. The molecule has 0 amide bonds. The summed E-state index contributed by atoms with van der Waals surface area (Å²) in [7, 11) is -3.23. The van der Waals surface area contributed by atoms with Crippen molar-refractivity contribution in [2.45, 2.75) is 63.5 Å². The molecule has 4 rings (SSSR count). The van der Waals surface area contributed by atoms with Crippen LogP contribution in [0.25, 0.3) is 0 Å². The maximum absolute atomic E-state index is 13.2. The molecule has 2 heterocycles. The van der Waals surface area contributed by atoms with Gasteiger partial charge in [0.05, 0.1) is 12.4 Å². The van der Waals surface area contributed by atoms with Gasteiger partial charge in [-0.3, -0.25) is 0 Å². The Morgan fingerprint density at radius 1 is 1.08 bits per heavy atom. The van der Waals surface area contributed by atoms with E-state index in [-0.39, 0.29) is 24.1 Å². The van der Waals surface area contributed by atoms with Crippen LogP contribution in [0.4, 0.5) is 0 Å². The molecule has 2 bridgehead atoms. The van der Waals surface area contributed by atoms with Crippen molar-refractivity contribution in [3.05, 3.63) is 35.9 Å². The van der Waals surface area contributed by atoms with E-state index < -0.39 is 10.0 Å². The lowest BCUT2D eigenvalue weighted by Gasteiger charge is -2.36. The average molecular weight is 364 g/mol. The fourth-order valence-corrected chi connectivity index (χ4v) is 8.08. The molecule has 2 aliphatic heterocycles. The Hall–Kier alpha value is -0.910. The number of benzene rings is 1. The van der Waals surface area contributed by atoms with Crippen LogP contribution in [0, 0.1) is 11.3 Å². The molecular weight excluding hydrogens is 334 g/mol. The smallest absolute Gasteiger partial charge is 0.214 e. The minimum atomic E-state index is -3.23. The minimum absolute atomic E-state index is 0.0332. The summed E-state index contributed by atoms with van der Waals surface area (Å²) in [4.78, 5) is 0. The van der Waals surface area contributed by atoms with E-state index in [1.807, 2.05) is 22.5 Å². The second-order valence-corrected chi connectivity index (χ2v) is 10.3. The summed E-state index contributed by atoms with van der Waals surface area (Å²) < 4.78 is 28.1. The van der Waals surface area contributed by atoms with Gasteiger partial charge in [-0.2, -0.15) is 4.31 Å². The molecule has 3 fully saturated rings. The molecule has 0 unspecified atom stereocenters. The number of aliphatic hydroxyl groups excluding tert-OH is 1. The van der Waals surface area contributed by atoms with Crippen molar-refractivity contribution in [2.75, 3.05) is 12.4 Å². The zero-order valence-electron chi connectivity index (χ0n) is 14.8. The van der Waals surface area contributed by atoms with Gasteiger partial charge in [0, 0.05) is 17.5 Å². The Bertz CT molecular complexity index is 699. The summed E-state index contributed by atoms with van der Waals surface area (Å²) in [6.07, 6.45) is 7.85. The molecule has 0 aromatic heterocycles. The number of hydrogen-bond donors (Lipinski definition) is 1. The molecule has 1 aliphatic carbocycles. The maximum Gasteiger partial charge on any atom is 0.214 e. The topological polar surface area (TPSA) is 57.6 Å². The van der Waals surface area contributed by atoms with E-state index in [9.17, 15) is 13.5 Å². The van der Waals surface area contributed by atoms with Gasteiger partial charge in [0.2, 0.25) is 10.0 Å². The van der Waals surface area contributed by atoms with Gasteiger partial charge in [-0.05, 0) is 50.0 Å². The number of fused-ring (bicyclic) bond motifs is 2. The Labute approximate surface area is 151 Å². The van der Waals surface area contributed by atoms with E-state index in [0.717, 1.165) is 38.5 Å². The molecule has 0 radical (unpaired) electrons. The van der Waals surface area contributed by atoms with Gasteiger partial charge in [0.25, 0.3) is 0 Å². The summed E-state index contributed by atoms with van der Waals surface area (Å²) in [5, 5.41) is 10.2. The third-order valence-corrected chi connectivity index (χ3v) is 8.83. The van der Waals surface area contributed by atoms with E-state index in [1.54, 1.807) is 0 Å². The van der Waals surface area contributed by atoms with Crippen molar-refractivity contribution in [2.24, 2.45) is 11.3 Å². The molecule has 25 heavy (non-hydrogen) atoms. The van der Waals surface area contributed by atoms with Gasteiger partial charge in [-0.15, -0.1) is 0 Å². The number of nitrogens with zero attached hydrogens (tertiary/aromatic N) is 1. The maximum atomic E-state index is 13.2. The van der Waals surface area contributed by atoms with Gasteiger partial charge in [-0.25, -0.2) is 8.42 Å². The average Bonchev–Trinajstić information content (AvgIpc) is 3.31. The second-order valence-electron chi connectivity index (χ2n) is 8.39. The number of aliphatic hydroxyl groups is 1. The van der Waals surface area contributed by atoms with Gasteiger partial charge in [-0.1, -0.05) is 43.2 Å². The van der Waals surface area contributed by atoms with Crippen LogP contribution >= 0.6 is 0 Å². The van der Waals surface area contributed by atoms with E-state index >= 15 is 0 Å². The predicted octanol–water partition coefficient (Wildman–Crippen LogP) is 2.96. The summed E-state index contributed by atoms with van der Waals surface area (Å²) >= 11 is 0. The summed E-state index contributed by atoms with van der Waals surface area (Å²) in [5.41, 5.74) is 0.879. The van der Waals surface area contributed by atoms with Crippen molar-refractivity contribution >= 4 is 10.0 Å². The number of sulfonamides is 1. The van der Waals surface area contributed by atoms with Crippen molar-refractivity contribution in [3.63, 3.8) is 0 Å². The first-order valence-electron chi connectivity index (χ1n) is 9.70. The van der Waals surface area contributed by atoms with Crippen LogP contribution in [0.15, 0.2) is 30.3 Å². The lowest BCUT2D eigenvalue weighted by Crippen LogP contribution is -2.45. The molecule has 3 aliphatic rings. The summed E-state index contributed by atoms with van der Waals surface area (Å²) in [5.74, 6) is 0.648.